The molecule has 0 saturated carbocycles. The number of hydrogen-bond acceptors (Lipinski definition) is 5. The molecule has 241 valence electrons. The highest BCUT2D eigenvalue weighted by Crippen LogP contribution is 2.53. The van der Waals surface area contributed by atoms with Crippen LogP contribution in [0.3, 0.4) is 0 Å². The van der Waals surface area contributed by atoms with Crippen molar-refractivity contribution >= 4 is 41.8 Å². The first-order valence-corrected chi connectivity index (χ1v) is 13.0. The average Bonchev–Trinajstić information content (AvgIpc) is 3.00. The highest BCUT2D eigenvalue weighted by Gasteiger charge is 2.73. The van der Waals surface area contributed by atoms with Crippen molar-refractivity contribution in [2.24, 2.45) is 0 Å². The molecule has 0 unspecified atom stereocenters. The largest absolute Gasteiger partial charge is 0.435 e. The molecule has 3 N–H and O–H groups in total. The minimum Gasteiger partial charge on any atom is -0.322 e. The van der Waals surface area contributed by atoms with Crippen LogP contribution in [0, 0.1) is 24.1 Å². The van der Waals surface area contributed by atoms with Gasteiger partial charge in [-0.2, -0.15) is 31.6 Å². The van der Waals surface area contributed by atoms with Gasteiger partial charge in [-0.25, -0.2) is 14.3 Å². The molecule has 3 aromatic carbocycles. The Bertz CT molecular complexity index is 1690. The van der Waals surface area contributed by atoms with E-state index in [4.69, 9.17) is 5.21 Å². The number of rotatable bonds is 9. The number of halogens is 8. The van der Waals surface area contributed by atoms with Gasteiger partial charge in [-0.05, 0) is 42.8 Å². The molecule has 3 aromatic rings. The lowest BCUT2D eigenvalue weighted by Crippen LogP contribution is -2.50. The van der Waals surface area contributed by atoms with Crippen molar-refractivity contribution in [3.8, 4) is 6.07 Å². The van der Waals surface area contributed by atoms with Crippen LogP contribution in [0.25, 0.3) is 0 Å². The summed E-state index contributed by atoms with van der Waals surface area (Å²) in [5.41, 5.74) is -8.67. The number of nitrogens with zero attached hydrogens (tertiary/aromatic N) is 2. The second kappa shape index (κ2) is 13.6. The Morgan fingerprint density at radius 3 is 2.17 bits per heavy atom. The van der Waals surface area contributed by atoms with Gasteiger partial charge in [-0.15, -0.1) is 0 Å². The molecule has 46 heavy (non-hydrogen) atoms. The number of aryl methyl sites for hydroxylation is 1. The summed E-state index contributed by atoms with van der Waals surface area (Å²) >= 11 is 0. The molecule has 0 aliphatic rings. The van der Waals surface area contributed by atoms with Crippen LogP contribution in [0.15, 0.2) is 54.6 Å². The van der Waals surface area contributed by atoms with E-state index in [9.17, 15) is 50.4 Å². The van der Waals surface area contributed by atoms with Crippen molar-refractivity contribution in [1.29, 1.82) is 5.26 Å². The van der Waals surface area contributed by atoms with Gasteiger partial charge in [0, 0.05) is 29.8 Å². The van der Waals surface area contributed by atoms with E-state index in [1.165, 1.54) is 36.6 Å². The van der Waals surface area contributed by atoms with Crippen molar-refractivity contribution in [3.63, 3.8) is 0 Å². The maximum Gasteiger partial charge on any atom is 0.435 e. The molecule has 0 spiro atoms. The molecule has 8 nitrogen and oxygen atoms in total. The number of carbonyl (C=O) groups is 3. The van der Waals surface area contributed by atoms with Gasteiger partial charge in [-0.1, -0.05) is 36.6 Å². The Balaban J connectivity index is 2.07. The van der Waals surface area contributed by atoms with Gasteiger partial charge >= 0.3 is 18.0 Å². The van der Waals surface area contributed by atoms with Crippen LogP contribution in [0.2, 0.25) is 6.82 Å². The molecule has 3 amide bonds. The van der Waals surface area contributed by atoms with Crippen LogP contribution < -0.4 is 21.2 Å². The Morgan fingerprint density at radius 1 is 0.978 bits per heavy atom. The summed E-state index contributed by atoms with van der Waals surface area (Å²) in [6.07, 6.45) is -13.3. The zero-order valence-electron chi connectivity index (χ0n) is 23.8. The lowest BCUT2D eigenvalue weighted by atomic mass is 9.70. The molecule has 0 fully saturated rings. The zero-order chi connectivity index (χ0) is 34.6. The minimum absolute atomic E-state index is 0.0768. The molecule has 0 bridgehead atoms. The van der Waals surface area contributed by atoms with Crippen LogP contribution in [0.1, 0.15) is 43.8 Å². The lowest BCUT2D eigenvalue weighted by molar-refractivity contribution is -0.348. The quantitative estimate of drug-likeness (QED) is 0.123. The molecule has 3 rings (SSSR count). The number of anilines is 2. The second-order valence-electron chi connectivity index (χ2n) is 9.73. The number of benzene rings is 3. The van der Waals surface area contributed by atoms with Crippen molar-refractivity contribution < 1.29 is 54.7 Å². The number of nitrogens with one attached hydrogen (secondary N) is 2. The molecule has 0 aliphatic carbocycles. The van der Waals surface area contributed by atoms with Gasteiger partial charge in [0.1, 0.15) is 0 Å². The molecule has 0 aromatic heterocycles. The van der Waals surface area contributed by atoms with E-state index in [-0.39, 0.29) is 28.9 Å². The van der Waals surface area contributed by atoms with Gasteiger partial charge < -0.3 is 10.2 Å². The third-order valence-corrected chi connectivity index (χ3v) is 6.78. The third kappa shape index (κ3) is 6.96. The molecule has 0 aliphatic heterocycles. The number of carbonyl (C=O) groups excluding carboxylic acids is 3. The van der Waals surface area contributed by atoms with Crippen LogP contribution in [0.4, 0.5) is 46.5 Å². The maximum atomic E-state index is 15.9. The van der Waals surface area contributed by atoms with Crippen LogP contribution in [-0.2, 0) is 10.5 Å². The maximum absolute atomic E-state index is 15.9. The molecular formula is C29H22BF8N4O4. The summed E-state index contributed by atoms with van der Waals surface area (Å²) in [6.45, 7) is 1.68. The van der Waals surface area contributed by atoms with Crippen molar-refractivity contribution in [1.82, 2.24) is 5.48 Å². The van der Waals surface area contributed by atoms with Gasteiger partial charge in [0.25, 0.3) is 11.8 Å². The van der Waals surface area contributed by atoms with Gasteiger partial charge in [-0.3, -0.25) is 19.6 Å². The van der Waals surface area contributed by atoms with Gasteiger partial charge in [0.15, 0.2) is 13.1 Å². The Hall–Kier alpha value is -4.98. The zero-order valence-corrected chi connectivity index (χ0v) is 23.8. The fraction of sp³-hybridized carbons (Fsp3) is 0.241. The summed E-state index contributed by atoms with van der Waals surface area (Å²) in [5, 5.41) is 20.2. The number of hydrogen-bond donors (Lipinski definition) is 3. The molecule has 0 atom stereocenters. The van der Waals surface area contributed by atoms with E-state index in [0.29, 0.717) is 0 Å². The molecular weight excluding hydrogens is 631 g/mol. The SMILES string of the molecule is C[B]c1cc(C(F)(C(F)(F)F)C(F)(F)F)cc(C)c1NC(=O)c1cccc(N(CCC(=O)NO)C(=O)c2cccc(C#N)c2)c1F. The predicted octanol–water partition coefficient (Wildman–Crippen LogP) is 5.47. The van der Waals surface area contributed by atoms with Crippen molar-refractivity contribution in [2.45, 2.75) is 38.2 Å². The number of amides is 3. The van der Waals surface area contributed by atoms with E-state index in [1.54, 1.807) is 0 Å². The first-order chi connectivity index (χ1) is 21.4. The topological polar surface area (TPSA) is 123 Å². The predicted molar refractivity (Wildman–Crippen MR) is 149 cm³/mol. The van der Waals surface area contributed by atoms with Crippen LogP contribution in [0.5, 0.6) is 0 Å². The van der Waals surface area contributed by atoms with E-state index in [0.717, 1.165) is 37.3 Å². The van der Waals surface area contributed by atoms with E-state index < -0.39 is 82.4 Å². The lowest BCUT2D eigenvalue weighted by Gasteiger charge is -2.31. The number of nitriles is 1. The van der Waals surface area contributed by atoms with Gasteiger partial charge in [0.05, 0.1) is 22.9 Å². The average molecular weight is 653 g/mol. The summed E-state index contributed by atoms with van der Waals surface area (Å²) in [7, 11) is 1.01. The Kier molecular flexibility index (Phi) is 10.5. The van der Waals surface area contributed by atoms with Gasteiger partial charge in [0.2, 0.25) is 5.91 Å². The second-order valence-corrected chi connectivity index (χ2v) is 9.73. The Labute approximate surface area is 256 Å². The van der Waals surface area contributed by atoms with Crippen molar-refractivity contribution in [3.05, 3.63) is 88.2 Å². The fourth-order valence-corrected chi connectivity index (χ4v) is 4.46. The highest BCUT2D eigenvalue weighted by atomic mass is 19.4. The smallest absolute Gasteiger partial charge is 0.322 e. The Morgan fingerprint density at radius 2 is 1.61 bits per heavy atom. The minimum atomic E-state index is -6.38. The normalized spacial score (nSPS) is 11.8. The van der Waals surface area contributed by atoms with E-state index >= 15 is 4.39 Å². The number of hydroxylamine groups is 1. The molecule has 0 saturated heterocycles. The third-order valence-electron chi connectivity index (χ3n) is 6.78. The van der Waals surface area contributed by atoms with Crippen LogP contribution in [-0.4, -0.2) is 49.1 Å². The first-order valence-electron chi connectivity index (χ1n) is 13.0. The molecule has 1 radical (unpaired) electrons. The first kappa shape index (κ1) is 35.5. The van der Waals surface area contributed by atoms with E-state index in [1.807, 2.05) is 6.07 Å². The standard InChI is InChI=1S/C29H22BF8N4O4/c1-15-11-18(27(32,28(33,34)35)29(36,37)38)13-20(30-2)24(15)40-25(44)19-7-4-8-21(23(19)31)42(10-9-22(43)41-46)26(45)17-6-3-5-16(12-17)14-39/h3-8,11-13,46H,9-10H2,1-2H3,(H,40,44)(H,41,43). The van der Waals surface area contributed by atoms with Crippen LogP contribution >= 0.6 is 0 Å². The molecule has 0 heterocycles. The van der Waals surface area contributed by atoms with E-state index in [2.05, 4.69) is 5.32 Å². The summed E-state index contributed by atoms with van der Waals surface area (Å²) < 4.78 is 111. The van der Waals surface area contributed by atoms with Crippen molar-refractivity contribution in [2.75, 3.05) is 16.8 Å². The fourth-order valence-electron chi connectivity index (χ4n) is 4.46. The monoisotopic (exact) mass is 653 g/mol. The molecule has 17 heteroatoms. The summed E-state index contributed by atoms with van der Waals surface area (Å²) in [4.78, 5) is 39.1. The summed E-state index contributed by atoms with van der Waals surface area (Å²) in [5.74, 6) is -4.42. The highest BCUT2D eigenvalue weighted by molar-refractivity contribution is 6.54. The number of alkyl halides is 7. The summed E-state index contributed by atoms with van der Waals surface area (Å²) in [6, 6.07) is 10.8.